The molecule has 22 heavy (non-hydrogen) atoms. The van der Waals surface area contributed by atoms with Crippen molar-refractivity contribution in [3.8, 4) is 0 Å². The molecule has 0 amide bonds. The van der Waals surface area contributed by atoms with E-state index in [-0.39, 0.29) is 0 Å². The zero-order valence-electron chi connectivity index (χ0n) is 14.9. The van der Waals surface area contributed by atoms with Crippen LogP contribution in [0.2, 0.25) is 0 Å². The lowest BCUT2D eigenvalue weighted by Gasteiger charge is -2.18. The number of hydrogen-bond donors (Lipinski definition) is 0. The highest BCUT2D eigenvalue weighted by atomic mass is 31.1. The molecular weight excluding hydrogens is 287 g/mol. The number of benzene rings is 1. The minimum absolute atomic E-state index is 0.339. The number of rotatable bonds is 11. The second-order valence-corrected chi connectivity index (χ2v) is 7.07. The van der Waals surface area contributed by atoms with Crippen molar-refractivity contribution in [3.05, 3.63) is 34.4 Å². The van der Waals surface area contributed by atoms with E-state index >= 15 is 0 Å². The summed E-state index contributed by atoms with van der Waals surface area (Å²) in [4.78, 5) is 12.4. The van der Waals surface area contributed by atoms with E-state index in [0.717, 1.165) is 24.8 Å². The summed E-state index contributed by atoms with van der Waals surface area (Å²) in [5.41, 5.74) is 5.74. The normalized spacial score (nSPS) is 11.5. The smallest absolute Gasteiger partial charge is 0.181 e. The summed E-state index contributed by atoms with van der Waals surface area (Å²) in [6.45, 7) is 8.73. The van der Waals surface area contributed by atoms with Crippen molar-refractivity contribution in [3.63, 3.8) is 0 Å². The van der Waals surface area contributed by atoms with Crippen LogP contribution in [0.1, 0.15) is 86.3 Å². The summed E-state index contributed by atoms with van der Waals surface area (Å²) in [5, 5.41) is 0. The molecule has 1 aromatic rings. The highest BCUT2D eigenvalue weighted by molar-refractivity contribution is 7.58. The maximum atomic E-state index is 12.4. The lowest BCUT2D eigenvalue weighted by atomic mass is 9.88. The highest BCUT2D eigenvalue weighted by Crippen LogP contribution is 2.28. The van der Waals surface area contributed by atoms with Crippen LogP contribution in [0.3, 0.4) is 0 Å². The van der Waals surface area contributed by atoms with E-state index < -0.39 is 0 Å². The van der Waals surface area contributed by atoms with E-state index in [1.54, 1.807) is 0 Å². The molecule has 1 aromatic carbocycles. The van der Waals surface area contributed by atoms with Gasteiger partial charge in [0.15, 0.2) is 5.52 Å². The van der Waals surface area contributed by atoms with Crippen LogP contribution < -0.4 is 0 Å². The quantitative estimate of drug-likeness (QED) is 0.446. The van der Waals surface area contributed by atoms with Gasteiger partial charge in [-0.05, 0) is 70.5 Å². The summed E-state index contributed by atoms with van der Waals surface area (Å²) in [6, 6.07) is 4.35. The Morgan fingerprint density at radius 1 is 0.864 bits per heavy atom. The number of hydrogen-bond acceptors (Lipinski definition) is 1. The van der Waals surface area contributed by atoms with Crippen LogP contribution in [0.5, 0.6) is 0 Å². The molecule has 0 aliphatic carbocycles. The van der Waals surface area contributed by atoms with Gasteiger partial charge in [-0.1, -0.05) is 52.2 Å². The lowest BCUT2D eigenvalue weighted by molar-refractivity contribution is 0.108. The van der Waals surface area contributed by atoms with Gasteiger partial charge in [-0.25, -0.2) is 0 Å². The molecule has 0 aliphatic heterocycles. The topological polar surface area (TPSA) is 17.1 Å². The number of aryl methyl sites for hydroxylation is 1. The fourth-order valence-electron chi connectivity index (χ4n) is 2.99. The monoisotopic (exact) mass is 320 g/mol. The predicted molar refractivity (Wildman–Crippen MR) is 101 cm³/mol. The zero-order valence-corrected chi connectivity index (χ0v) is 15.9. The van der Waals surface area contributed by atoms with Gasteiger partial charge in [0.1, 0.15) is 0 Å². The number of unbranched alkanes of at least 4 members (excludes halogenated alkanes) is 3. The third-order valence-corrected chi connectivity index (χ3v) is 5.08. The Hall–Kier alpha value is -0.680. The molecule has 0 fully saturated rings. The Bertz CT molecular complexity index is 465. The van der Waals surface area contributed by atoms with Gasteiger partial charge in [-0.2, -0.15) is 0 Å². The molecule has 0 spiro atoms. The van der Waals surface area contributed by atoms with Crippen molar-refractivity contribution in [2.45, 2.75) is 78.6 Å². The molecule has 0 radical (unpaired) electrons. The van der Waals surface area contributed by atoms with Gasteiger partial charge in [0.05, 0.1) is 0 Å². The van der Waals surface area contributed by atoms with Crippen LogP contribution in [0, 0.1) is 0 Å². The molecule has 0 aliphatic rings. The first kappa shape index (κ1) is 19.4. The Kier molecular flexibility index (Phi) is 9.64. The molecular formula is C20H33OP. The molecule has 0 N–H and O–H groups in total. The van der Waals surface area contributed by atoms with Crippen LogP contribution >= 0.6 is 8.58 Å². The first-order valence-corrected chi connectivity index (χ1v) is 10.5. The summed E-state index contributed by atoms with van der Waals surface area (Å²) in [6.07, 6.45) is 10.7. The van der Waals surface area contributed by atoms with E-state index in [4.69, 9.17) is 0 Å². The Balaban J connectivity index is 3.26. The van der Waals surface area contributed by atoms with Gasteiger partial charge in [-0.15, -0.1) is 0 Å². The standard InChI is InChI=1S/C20H33OP/c1-5-8-11-16-14-15-19(20(21)22-4)18(13-10-7-3)17(16)12-9-6-2/h14-15,22H,5-13H2,1-4H3. The minimum atomic E-state index is 0.339. The molecule has 0 bridgehead atoms. The Labute approximate surface area is 139 Å². The lowest BCUT2D eigenvalue weighted by Crippen LogP contribution is -2.08. The van der Waals surface area contributed by atoms with Gasteiger partial charge in [0.25, 0.3) is 0 Å². The summed E-state index contributed by atoms with van der Waals surface area (Å²) >= 11 is 0. The van der Waals surface area contributed by atoms with E-state index in [9.17, 15) is 4.79 Å². The first-order valence-electron chi connectivity index (χ1n) is 9.05. The maximum Gasteiger partial charge on any atom is 0.181 e. The van der Waals surface area contributed by atoms with E-state index in [2.05, 4.69) is 32.9 Å². The van der Waals surface area contributed by atoms with Crippen molar-refractivity contribution in [2.75, 3.05) is 6.66 Å². The maximum absolute atomic E-state index is 12.4. The van der Waals surface area contributed by atoms with Gasteiger partial charge in [0, 0.05) is 5.56 Å². The molecule has 0 saturated heterocycles. The third-order valence-electron chi connectivity index (χ3n) is 4.36. The Morgan fingerprint density at radius 2 is 1.41 bits per heavy atom. The highest BCUT2D eigenvalue weighted by Gasteiger charge is 2.16. The van der Waals surface area contributed by atoms with E-state index in [0.29, 0.717) is 14.1 Å². The molecule has 0 heterocycles. The number of carbonyl (C=O) groups excluding carboxylic acids is 1. The molecule has 124 valence electrons. The summed E-state index contributed by atoms with van der Waals surface area (Å²) in [7, 11) is 0.368. The minimum Gasteiger partial charge on any atom is -0.289 e. The van der Waals surface area contributed by atoms with Crippen molar-refractivity contribution < 1.29 is 4.79 Å². The van der Waals surface area contributed by atoms with Crippen molar-refractivity contribution >= 4 is 14.1 Å². The van der Waals surface area contributed by atoms with Gasteiger partial charge in [0.2, 0.25) is 0 Å². The largest absolute Gasteiger partial charge is 0.289 e. The molecule has 1 unspecified atom stereocenters. The third kappa shape index (κ3) is 5.51. The summed E-state index contributed by atoms with van der Waals surface area (Å²) in [5.74, 6) is 0. The van der Waals surface area contributed by atoms with Crippen molar-refractivity contribution in [1.29, 1.82) is 0 Å². The fraction of sp³-hybridized carbons (Fsp3) is 0.650. The van der Waals surface area contributed by atoms with Crippen LogP contribution in [-0.4, -0.2) is 12.2 Å². The molecule has 1 rings (SSSR count). The second kappa shape index (κ2) is 10.9. The molecule has 0 aromatic heterocycles. The molecule has 1 nitrogen and oxygen atoms in total. The summed E-state index contributed by atoms with van der Waals surface area (Å²) < 4.78 is 0. The van der Waals surface area contributed by atoms with Crippen LogP contribution in [0.4, 0.5) is 0 Å². The zero-order chi connectivity index (χ0) is 16.4. The second-order valence-electron chi connectivity index (χ2n) is 6.12. The number of carbonyl (C=O) groups is 1. The van der Waals surface area contributed by atoms with Crippen molar-refractivity contribution in [2.24, 2.45) is 0 Å². The molecule has 0 saturated carbocycles. The predicted octanol–water partition coefficient (Wildman–Crippen LogP) is 6.16. The fourth-order valence-corrected chi connectivity index (χ4v) is 3.50. The molecule has 2 heteroatoms. The first-order chi connectivity index (χ1) is 10.7. The van der Waals surface area contributed by atoms with E-state index in [1.165, 1.54) is 55.2 Å². The van der Waals surface area contributed by atoms with Crippen LogP contribution in [0.15, 0.2) is 12.1 Å². The van der Waals surface area contributed by atoms with Gasteiger partial charge in [-0.3, -0.25) is 4.79 Å². The average Bonchev–Trinajstić information content (AvgIpc) is 2.55. The van der Waals surface area contributed by atoms with Crippen molar-refractivity contribution in [1.82, 2.24) is 0 Å². The van der Waals surface area contributed by atoms with Crippen LogP contribution in [0.25, 0.3) is 0 Å². The van der Waals surface area contributed by atoms with E-state index in [1.807, 2.05) is 6.66 Å². The van der Waals surface area contributed by atoms with Gasteiger partial charge >= 0.3 is 0 Å². The Morgan fingerprint density at radius 3 is 1.95 bits per heavy atom. The van der Waals surface area contributed by atoms with Crippen LogP contribution in [-0.2, 0) is 19.3 Å². The SMILES string of the molecule is CCCCc1ccc(C(=O)PC)c(CCCC)c1CCCC. The molecule has 1 atom stereocenters. The average molecular weight is 320 g/mol. The van der Waals surface area contributed by atoms with Gasteiger partial charge < -0.3 is 0 Å².